The third-order valence-electron chi connectivity index (χ3n) is 3.05. The molecule has 4 heteroatoms. The lowest BCUT2D eigenvalue weighted by molar-refractivity contribution is 0.100. The fourth-order valence-corrected chi connectivity index (χ4v) is 2.18. The molecule has 1 aromatic heterocycles. The van der Waals surface area contributed by atoms with Gasteiger partial charge in [-0.25, -0.2) is 0 Å². The lowest BCUT2D eigenvalue weighted by Crippen LogP contribution is -2.12. The van der Waals surface area contributed by atoms with Crippen LogP contribution >= 0.6 is 11.6 Å². The number of nitrogens with zero attached hydrogens (tertiary/aromatic N) is 1. The number of benzene rings is 1. The van der Waals surface area contributed by atoms with Gasteiger partial charge in [0.05, 0.1) is 11.1 Å². The Labute approximate surface area is 104 Å². The summed E-state index contributed by atoms with van der Waals surface area (Å²) >= 11 is 5.93. The zero-order valence-corrected chi connectivity index (χ0v) is 9.87. The minimum Gasteiger partial charge on any atom is -0.366 e. The number of aromatic nitrogens is 1. The van der Waals surface area contributed by atoms with Crippen LogP contribution in [0.1, 0.15) is 34.8 Å². The summed E-state index contributed by atoms with van der Waals surface area (Å²) in [7, 11) is 0. The van der Waals surface area contributed by atoms with Crippen molar-refractivity contribution in [3.63, 3.8) is 0 Å². The summed E-state index contributed by atoms with van der Waals surface area (Å²) in [6, 6.07) is 7.15. The van der Waals surface area contributed by atoms with E-state index in [4.69, 9.17) is 17.3 Å². The Kier molecular flexibility index (Phi) is 2.30. The molecular weight excluding hydrogens is 236 g/mol. The molecule has 86 valence electrons. The summed E-state index contributed by atoms with van der Waals surface area (Å²) in [5, 5.41) is 1.32. The highest BCUT2D eigenvalue weighted by atomic mass is 35.5. The standard InChI is InChI=1S/C13H11ClN2O/c14-8-3-4-11-9(5-8)10(13(15)17)6-12(16-11)7-1-2-7/h3-7H,1-2H2,(H2,15,17). The van der Waals surface area contributed by atoms with Gasteiger partial charge in [0.2, 0.25) is 5.91 Å². The maximum absolute atomic E-state index is 11.5. The van der Waals surface area contributed by atoms with E-state index in [1.165, 1.54) is 0 Å². The van der Waals surface area contributed by atoms with E-state index in [1.54, 1.807) is 18.2 Å². The van der Waals surface area contributed by atoms with E-state index in [9.17, 15) is 4.79 Å². The molecule has 3 nitrogen and oxygen atoms in total. The number of carbonyl (C=O) groups excluding carboxylic acids is 1. The molecule has 17 heavy (non-hydrogen) atoms. The first-order chi connectivity index (χ1) is 8.15. The van der Waals surface area contributed by atoms with Gasteiger partial charge < -0.3 is 5.73 Å². The molecule has 0 spiro atoms. The van der Waals surface area contributed by atoms with E-state index >= 15 is 0 Å². The van der Waals surface area contributed by atoms with Gasteiger partial charge in [0, 0.05) is 22.0 Å². The van der Waals surface area contributed by atoms with Crippen molar-refractivity contribution in [1.29, 1.82) is 0 Å². The molecule has 1 fully saturated rings. The first kappa shape index (κ1) is 10.5. The first-order valence-corrected chi connectivity index (χ1v) is 5.93. The largest absolute Gasteiger partial charge is 0.366 e. The van der Waals surface area contributed by atoms with Crippen molar-refractivity contribution in [2.45, 2.75) is 18.8 Å². The summed E-state index contributed by atoms with van der Waals surface area (Å²) < 4.78 is 0. The maximum Gasteiger partial charge on any atom is 0.249 e. The zero-order valence-electron chi connectivity index (χ0n) is 9.11. The second-order valence-electron chi connectivity index (χ2n) is 4.39. The topological polar surface area (TPSA) is 56.0 Å². The van der Waals surface area contributed by atoms with Crippen LogP contribution in [0, 0.1) is 0 Å². The number of fused-ring (bicyclic) bond motifs is 1. The van der Waals surface area contributed by atoms with Gasteiger partial charge in [0.1, 0.15) is 0 Å². The molecule has 1 heterocycles. The highest BCUT2D eigenvalue weighted by molar-refractivity contribution is 6.31. The third-order valence-corrected chi connectivity index (χ3v) is 3.29. The predicted octanol–water partition coefficient (Wildman–Crippen LogP) is 2.86. The molecule has 3 rings (SSSR count). The summed E-state index contributed by atoms with van der Waals surface area (Å²) in [5.41, 5.74) is 7.67. The number of pyridine rings is 1. The van der Waals surface area contributed by atoms with Crippen molar-refractivity contribution < 1.29 is 4.79 Å². The lowest BCUT2D eigenvalue weighted by Gasteiger charge is -2.06. The van der Waals surface area contributed by atoms with E-state index in [0.29, 0.717) is 16.5 Å². The number of primary amides is 1. The second-order valence-corrected chi connectivity index (χ2v) is 4.83. The average molecular weight is 247 g/mol. The van der Waals surface area contributed by atoms with Crippen LogP contribution in [-0.2, 0) is 0 Å². The predicted molar refractivity (Wildman–Crippen MR) is 67.2 cm³/mol. The van der Waals surface area contributed by atoms with Crippen LogP contribution in [0.3, 0.4) is 0 Å². The van der Waals surface area contributed by atoms with Crippen LogP contribution in [0.15, 0.2) is 24.3 Å². The molecule has 0 unspecified atom stereocenters. The number of carbonyl (C=O) groups is 1. The minimum atomic E-state index is -0.429. The van der Waals surface area contributed by atoms with E-state index in [-0.39, 0.29) is 0 Å². The molecule has 1 aliphatic rings. The van der Waals surface area contributed by atoms with Gasteiger partial charge in [0.25, 0.3) is 0 Å². The second kappa shape index (κ2) is 3.70. The van der Waals surface area contributed by atoms with Crippen LogP contribution in [0.4, 0.5) is 0 Å². The fraction of sp³-hybridized carbons (Fsp3) is 0.231. The number of halogens is 1. The highest BCUT2D eigenvalue weighted by Gasteiger charge is 2.26. The van der Waals surface area contributed by atoms with Crippen LogP contribution in [0.2, 0.25) is 5.02 Å². The summed E-state index contributed by atoms with van der Waals surface area (Å²) in [4.78, 5) is 16.0. The van der Waals surface area contributed by atoms with Gasteiger partial charge >= 0.3 is 0 Å². The SMILES string of the molecule is NC(=O)c1cc(C2CC2)nc2ccc(Cl)cc12. The van der Waals surface area contributed by atoms with Crippen molar-refractivity contribution in [2.75, 3.05) is 0 Å². The first-order valence-electron chi connectivity index (χ1n) is 5.55. The van der Waals surface area contributed by atoms with Gasteiger partial charge in [-0.15, -0.1) is 0 Å². The van der Waals surface area contributed by atoms with Gasteiger partial charge in [0.15, 0.2) is 0 Å². The van der Waals surface area contributed by atoms with Crippen molar-refractivity contribution in [1.82, 2.24) is 4.98 Å². The van der Waals surface area contributed by atoms with E-state index in [1.807, 2.05) is 6.07 Å². The molecule has 2 N–H and O–H groups in total. The van der Waals surface area contributed by atoms with Crippen LogP contribution in [0.25, 0.3) is 10.9 Å². The number of hydrogen-bond acceptors (Lipinski definition) is 2. The van der Waals surface area contributed by atoms with Crippen molar-refractivity contribution in [2.24, 2.45) is 5.73 Å². The monoisotopic (exact) mass is 246 g/mol. The van der Waals surface area contributed by atoms with Crippen molar-refractivity contribution in [3.8, 4) is 0 Å². The summed E-state index contributed by atoms with van der Waals surface area (Å²) in [6.07, 6.45) is 2.29. The van der Waals surface area contributed by atoms with E-state index < -0.39 is 5.91 Å². The zero-order chi connectivity index (χ0) is 12.0. The fourth-order valence-electron chi connectivity index (χ4n) is 2.01. The van der Waals surface area contributed by atoms with Gasteiger partial charge in [-0.05, 0) is 37.1 Å². The Hall–Kier alpha value is -1.61. The molecule has 1 saturated carbocycles. The molecule has 0 aliphatic heterocycles. The Morgan fingerprint density at radius 3 is 2.76 bits per heavy atom. The molecule has 1 aliphatic carbocycles. The molecule has 2 aromatic rings. The Morgan fingerprint density at radius 1 is 1.35 bits per heavy atom. The number of nitrogens with two attached hydrogens (primary N) is 1. The van der Waals surface area contributed by atoms with Crippen LogP contribution in [0.5, 0.6) is 0 Å². The number of hydrogen-bond donors (Lipinski definition) is 1. The maximum atomic E-state index is 11.5. The molecule has 0 saturated heterocycles. The lowest BCUT2D eigenvalue weighted by atomic mass is 10.1. The third kappa shape index (κ3) is 1.87. The van der Waals surface area contributed by atoms with Crippen LogP contribution < -0.4 is 5.73 Å². The minimum absolute atomic E-state index is 0.429. The van der Waals surface area contributed by atoms with Gasteiger partial charge in [-0.2, -0.15) is 0 Å². The molecule has 1 amide bonds. The van der Waals surface area contributed by atoms with Crippen molar-refractivity contribution in [3.05, 3.63) is 40.5 Å². The molecule has 0 bridgehead atoms. The smallest absolute Gasteiger partial charge is 0.249 e. The van der Waals surface area contributed by atoms with Gasteiger partial charge in [-0.1, -0.05) is 11.6 Å². The summed E-state index contributed by atoms with van der Waals surface area (Å²) in [5.74, 6) is 0.0646. The normalized spacial score (nSPS) is 15.1. The average Bonchev–Trinajstić information content (AvgIpc) is 3.11. The Bertz CT molecular complexity index is 620. The Morgan fingerprint density at radius 2 is 2.12 bits per heavy atom. The quantitative estimate of drug-likeness (QED) is 0.886. The van der Waals surface area contributed by atoms with E-state index in [0.717, 1.165) is 29.4 Å². The van der Waals surface area contributed by atoms with Gasteiger partial charge in [-0.3, -0.25) is 9.78 Å². The van der Waals surface area contributed by atoms with Crippen LogP contribution in [-0.4, -0.2) is 10.9 Å². The number of rotatable bonds is 2. The van der Waals surface area contributed by atoms with E-state index in [2.05, 4.69) is 4.98 Å². The Balaban J connectivity index is 2.31. The van der Waals surface area contributed by atoms with Crippen molar-refractivity contribution >= 4 is 28.4 Å². The molecule has 0 atom stereocenters. The highest BCUT2D eigenvalue weighted by Crippen LogP contribution is 2.40. The molecule has 0 radical (unpaired) electrons. The summed E-state index contributed by atoms with van der Waals surface area (Å²) in [6.45, 7) is 0. The number of amides is 1. The molecular formula is C13H11ClN2O. The molecule has 1 aromatic carbocycles.